The maximum atomic E-state index is 6.13. The highest BCUT2D eigenvalue weighted by Gasteiger charge is 2.15. The number of hydrogen-bond donors (Lipinski definition) is 2. The van der Waals surface area contributed by atoms with Gasteiger partial charge in [-0.05, 0) is 24.9 Å². The molecule has 4 N–H and O–H groups in total. The molecule has 0 fully saturated rings. The van der Waals surface area contributed by atoms with Gasteiger partial charge in [0.2, 0.25) is 0 Å². The van der Waals surface area contributed by atoms with Crippen LogP contribution in [0.3, 0.4) is 0 Å². The standard InChI is InChI=1S/C12H20N2/c1-3-10(8-13)12(14)11-6-4-9(2)5-7-11/h4-7,10,12H,3,8,13-14H2,1-2H3. The minimum absolute atomic E-state index is 0.0746. The fraction of sp³-hybridized carbons (Fsp3) is 0.500. The molecule has 0 spiro atoms. The van der Waals surface area contributed by atoms with Crippen LogP contribution in [0, 0.1) is 12.8 Å². The third-order valence-corrected chi connectivity index (χ3v) is 2.80. The zero-order chi connectivity index (χ0) is 10.6. The van der Waals surface area contributed by atoms with E-state index in [-0.39, 0.29) is 6.04 Å². The Morgan fingerprint density at radius 2 is 1.79 bits per heavy atom. The topological polar surface area (TPSA) is 52.0 Å². The summed E-state index contributed by atoms with van der Waals surface area (Å²) in [5, 5.41) is 0. The number of rotatable bonds is 4. The molecule has 1 rings (SSSR count). The van der Waals surface area contributed by atoms with Crippen LogP contribution in [0.1, 0.15) is 30.5 Å². The smallest absolute Gasteiger partial charge is 0.0335 e. The lowest BCUT2D eigenvalue weighted by molar-refractivity contribution is 0.428. The monoisotopic (exact) mass is 192 g/mol. The van der Waals surface area contributed by atoms with Crippen LogP contribution in [0.25, 0.3) is 0 Å². The molecule has 2 unspecified atom stereocenters. The van der Waals surface area contributed by atoms with Crippen molar-refractivity contribution in [2.75, 3.05) is 6.54 Å². The third-order valence-electron chi connectivity index (χ3n) is 2.80. The summed E-state index contributed by atoms with van der Waals surface area (Å²) in [5.41, 5.74) is 14.3. The van der Waals surface area contributed by atoms with E-state index in [1.807, 2.05) is 0 Å². The highest BCUT2D eigenvalue weighted by molar-refractivity contribution is 5.24. The van der Waals surface area contributed by atoms with E-state index in [1.54, 1.807) is 0 Å². The Bertz CT molecular complexity index is 262. The maximum absolute atomic E-state index is 6.13. The van der Waals surface area contributed by atoms with Crippen molar-refractivity contribution in [3.05, 3.63) is 35.4 Å². The Morgan fingerprint density at radius 1 is 1.21 bits per heavy atom. The Morgan fingerprint density at radius 3 is 2.21 bits per heavy atom. The SMILES string of the molecule is CCC(CN)C(N)c1ccc(C)cc1. The maximum Gasteiger partial charge on any atom is 0.0335 e. The van der Waals surface area contributed by atoms with Crippen molar-refractivity contribution >= 4 is 0 Å². The van der Waals surface area contributed by atoms with Gasteiger partial charge in [-0.25, -0.2) is 0 Å². The van der Waals surface area contributed by atoms with Gasteiger partial charge in [0.25, 0.3) is 0 Å². The van der Waals surface area contributed by atoms with Crippen LogP contribution in [0.5, 0.6) is 0 Å². The van der Waals surface area contributed by atoms with Crippen molar-refractivity contribution in [1.82, 2.24) is 0 Å². The van der Waals surface area contributed by atoms with E-state index in [4.69, 9.17) is 11.5 Å². The molecule has 0 bridgehead atoms. The van der Waals surface area contributed by atoms with Gasteiger partial charge in [0.1, 0.15) is 0 Å². The molecule has 0 heterocycles. The van der Waals surface area contributed by atoms with Crippen LogP contribution >= 0.6 is 0 Å². The summed E-state index contributed by atoms with van der Waals surface area (Å²) in [5.74, 6) is 0.387. The van der Waals surface area contributed by atoms with Gasteiger partial charge in [-0.15, -0.1) is 0 Å². The Balaban J connectivity index is 2.77. The summed E-state index contributed by atoms with van der Waals surface area (Å²) in [6, 6.07) is 8.46. The molecule has 78 valence electrons. The molecule has 0 amide bonds. The van der Waals surface area contributed by atoms with Crippen molar-refractivity contribution in [3.63, 3.8) is 0 Å². The van der Waals surface area contributed by atoms with Crippen LogP contribution < -0.4 is 11.5 Å². The summed E-state index contributed by atoms with van der Waals surface area (Å²) in [7, 11) is 0. The van der Waals surface area contributed by atoms with E-state index in [0.717, 1.165) is 6.42 Å². The quantitative estimate of drug-likeness (QED) is 0.766. The second kappa shape index (κ2) is 5.13. The molecular formula is C12H20N2. The minimum atomic E-state index is 0.0746. The largest absolute Gasteiger partial charge is 0.330 e. The van der Waals surface area contributed by atoms with E-state index in [9.17, 15) is 0 Å². The molecule has 0 aliphatic rings. The summed E-state index contributed by atoms with van der Waals surface area (Å²) >= 11 is 0. The highest BCUT2D eigenvalue weighted by Crippen LogP contribution is 2.21. The molecule has 2 atom stereocenters. The number of aryl methyl sites for hydroxylation is 1. The van der Waals surface area contributed by atoms with Gasteiger partial charge >= 0.3 is 0 Å². The molecular weight excluding hydrogens is 172 g/mol. The summed E-state index contributed by atoms with van der Waals surface area (Å²) in [4.78, 5) is 0. The average molecular weight is 192 g/mol. The predicted octanol–water partition coefficient (Wildman–Crippen LogP) is 1.98. The second-order valence-corrected chi connectivity index (χ2v) is 3.84. The van der Waals surface area contributed by atoms with E-state index in [2.05, 4.69) is 38.1 Å². The summed E-state index contributed by atoms with van der Waals surface area (Å²) < 4.78 is 0. The summed E-state index contributed by atoms with van der Waals surface area (Å²) in [6.07, 6.45) is 1.03. The first-order chi connectivity index (χ1) is 6.69. The molecule has 0 aliphatic heterocycles. The third kappa shape index (κ3) is 2.56. The van der Waals surface area contributed by atoms with Gasteiger partial charge < -0.3 is 11.5 Å². The van der Waals surface area contributed by atoms with Crippen LogP contribution in [0.4, 0.5) is 0 Å². The normalized spacial score (nSPS) is 15.1. The lowest BCUT2D eigenvalue weighted by Crippen LogP contribution is -2.27. The average Bonchev–Trinajstić information content (AvgIpc) is 2.20. The first-order valence-electron chi connectivity index (χ1n) is 5.21. The molecule has 2 heteroatoms. The van der Waals surface area contributed by atoms with E-state index in [1.165, 1.54) is 11.1 Å². The predicted molar refractivity (Wildman–Crippen MR) is 60.9 cm³/mol. The van der Waals surface area contributed by atoms with Crippen molar-refractivity contribution in [2.45, 2.75) is 26.3 Å². The van der Waals surface area contributed by atoms with Crippen molar-refractivity contribution < 1.29 is 0 Å². The Hall–Kier alpha value is -0.860. The first-order valence-corrected chi connectivity index (χ1v) is 5.21. The molecule has 0 saturated carbocycles. The van der Waals surface area contributed by atoms with Crippen molar-refractivity contribution in [2.24, 2.45) is 17.4 Å². The first kappa shape index (κ1) is 11.2. The Labute approximate surface area is 86.3 Å². The van der Waals surface area contributed by atoms with E-state index < -0.39 is 0 Å². The Kier molecular flexibility index (Phi) is 4.11. The number of hydrogen-bond acceptors (Lipinski definition) is 2. The lowest BCUT2D eigenvalue weighted by atomic mass is 9.91. The van der Waals surface area contributed by atoms with Gasteiger partial charge in [-0.3, -0.25) is 0 Å². The number of nitrogens with two attached hydrogens (primary N) is 2. The zero-order valence-corrected chi connectivity index (χ0v) is 9.03. The van der Waals surface area contributed by atoms with Crippen LogP contribution in [0.2, 0.25) is 0 Å². The molecule has 0 radical (unpaired) electrons. The fourth-order valence-electron chi connectivity index (χ4n) is 1.63. The van der Waals surface area contributed by atoms with Gasteiger partial charge in [-0.2, -0.15) is 0 Å². The molecule has 1 aromatic rings. The lowest BCUT2D eigenvalue weighted by Gasteiger charge is -2.21. The van der Waals surface area contributed by atoms with Gasteiger partial charge in [-0.1, -0.05) is 43.2 Å². The molecule has 1 aromatic carbocycles. The van der Waals surface area contributed by atoms with E-state index >= 15 is 0 Å². The molecule has 0 aromatic heterocycles. The van der Waals surface area contributed by atoms with Crippen LogP contribution in [-0.2, 0) is 0 Å². The molecule has 2 nitrogen and oxygen atoms in total. The van der Waals surface area contributed by atoms with Crippen LogP contribution in [-0.4, -0.2) is 6.54 Å². The molecule has 0 saturated heterocycles. The van der Waals surface area contributed by atoms with Crippen LogP contribution in [0.15, 0.2) is 24.3 Å². The molecule has 0 aliphatic carbocycles. The van der Waals surface area contributed by atoms with Crippen molar-refractivity contribution in [1.29, 1.82) is 0 Å². The van der Waals surface area contributed by atoms with Gasteiger partial charge in [0, 0.05) is 6.04 Å². The minimum Gasteiger partial charge on any atom is -0.330 e. The van der Waals surface area contributed by atoms with E-state index in [0.29, 0.717) is 12.5 Å². The molecule has 14 heavy (non-hydrogen) atoms. The zero-order valence-electron chi connectivity index (χ0n) is 9.03. The van der Waals surface area contributed by atoms with Crippen molar-refractivity contribution in [3.8, 4) is 0 Å². The summed E-state index contributed by atoms with van der Waals surface area (Å²) in [6.45, 7) is 4.87. The number of benzene rings is 1. The second-order valence-electron chi connectivity index (χ2n) is 3.84. The fourth-order valence-corrected chi connectivity index (χ4v) is 1.63. The van der Waals surface area contributed by atoms with Gasteiger partial charge in [0.05, 0.1) is 0 Å². The van der Waals surface area contributed by atoms with Gasteiger partial charge in [0.15, 0.2) is 0 Å². The highest BCUT2D eigenvalue weighted by atomic mass is 14.7.